The Bertz CT molecular complexity index is 360. The third kappa shape index (κ3) is 3.39. The van der Waals surface area contributed by atoms with Gasteiger partial charge in [-0.15, -0.1) is 0 Å². The molecule has 2 nitrogen and oxygen atoms in total. The first-order valence-electron chi connectivity index (χ1n) is 5.44. The fourth-order valence-corrected chi connectivity index (χ4v) is 3.23. The standard InChI is InChI=1S/C12H19O2P/c1-4-10-15(13,5-2)14-12-9-7-6-8-11(12)3/h6-9H,4-5,10H2,1-3H3. The highest BCUT2D eigenvalue weighted by molar-refractivity contribution is 7.59. The predicted octanol–water partition coefficient (Wildman–Crippen LogP) is 4.08. The molecule has 0 heterocycles. The minimum atomic E-state index is -2.45. The Morgan fingerprint density at radius 3 is 2.47 bits per heavy atom. The van der Waals surface area contributed by atoms with E-state index in [-0.39, 0.29) is 0 Å². The van der Waals surface area contributed by atoms with Gasteiger partial charge < -0.3 is 4.52 Å². The first kappa shape index (κ1) is 12.3. The van der Waals surface area contributed by atoms with Crippen LogP contribution in [0, 0.1) is 6.92 Å². The second-order valence-corrected chi connectivity index (χ2v) is 6.60. The minimum Gasteiger partial charge on any atom is -0.443 e. The van der Waals surface area contributed by atoms with Crippen LogP contribution in [0.25, 0.3) is 0 Å². The normalized spacial score (nSPS) is 14.6. The molecule has 0 radical (unpaired) electrons. The fourth-order valence-electron chi connectivity index (χ4n) is 1.45. The number of para-hydroxylation sites is 1. The Morgan fingerprint density at radius 2 is 1.93 bits per heavy atom. The Labute approximate surface area is 92.1 Å². The van der Waals surface area contributed by atoms with Crippen molar-refractivity contribution in [3.05, 3.63) is 29.8 Å². The van der Waals surface area contributed by atoms with E-state index >= 15 is 0 Å². The van der Waals surface area contributed by atoms with Crippen molar-refractivity contribution in [2.45, 2.75) is 27.2 Å². The van der Waals surface area contributed by atoms with E-state index in [1.807, 2.05) is 45.0 Å². The topological polar surface area (TPSA) is 26.3 Å². The number of benzene rings is 1. The van der Waals surface area contributed by atoms with Crippen molar-refractivity contribution in [1.82, 2.24) is 0 Å². The lowest BCUT2D eigenvalue weighted by atomic mass is 10.2. The molecule has 1 aromatic rings. The Balaban J connectivity index is 2.84. The van der Waals surface area contributed by atoms with Crippen molar-refractivity contribution in [3.8, 4) is 5.75 Å². The smallest absolute Gasteiger partial charge is 0.247 e. The van der Waals surface area contributed by atoms with E-state index in [9.17, 15) is 4.57 Å². The van der Waals surface area contributed by atoms with E-state index in [1.165, 1.54) is 0 Å². The molecule has 0 amide bonds. The van der Waals surface area contributed by atoms with Crippen LogP contribution in [0.4, 0.5) is 0 Å². The maximum absolute atomic E-state index is 12.3. The van der Waals surface area contributed by atoms with Gasteiger partial charge in [0.2, 0.25) is 7.37 Å². The summed E-state index contributed by atoms with van der Waals surface area (Å²) in [5.41, 5.74) is 1.04. The second-order valence-electron chi connectivity index (χ2n) is 3.71. The van der Waals surface area contributed by atoms with Crippen LogP contribution in [0.3, 0.4) is 0 Å². The monoisotopic (exact) mass is 226 g/mol. The highest BCUT2D eigenvalue weighted by Gasteiger charge is 2.21. The quantitative estimate of drug-likeness (QED) is 0.707. The highest BCUT2D eigenvalue weighted by Crippen LogP contribution is 2.47. The molecule has 15 heavy (non-hydrogen) atoms. The fraction of sp³-hybridized carbons (Fsp3) is 0.500. The van der Waals surface area contributed by atoms with Crippen LogP contribution in [0.2, 0.25) is 0 Å². The van der Waals surface area contributed by atoms with Gasteiger partial charge in [0.1, 0.15) is 5.75 Å². The van der Waals surface area contributed by atoms with Crippen molar-refractivity contribution >= 4 is 7.37 Å². The molecule has 0 aliphatic rings. The summed E-state index contributed by atoms with van der Waals surface area (Å²) in [6.07, 6.45) is 2.17. The third-order valence-corrected chi connectivity index (χ3v) is 5.03. The average Bonchev–Trinajstić information content (AvgIpc) is 2.22. The van der Waals surface area contributed by atoms with Crippen LogP contribution in [0.1, 0.15) is 25.8 Å². The van der Waals surface area contributed by atoms with Gasteiger partial charge in [0, 0.05) is 12.3 Å². The summed E-state index contributed by atoms with van der Waals surface area (Å²) >= 11 is 0. The largest absolute Gasteiger partial charge is 0.443 e. The maximum atomic E-state index is 12.3. The molecule has 0 spiro atoms. The summed E-state index contributed by atoms with van der Waals surface area (Å²) < 4.78 is 18.0. The van der Waals surface area contributed by atoms with Gasteiger partial charge in [-0.05, 0) is 25.0 Å². The number of hydrogen-bond donors (Lipinski definition) is 0. The predicted molar refractivity (Wildman–Crippen MR) is 65.1 cm³/mol. The Hall–Kier alpha value is -0.750. The molecule has 0 aliphatic heterocycles. The molecule has 0 aromatic heterocycles. The van der Waals surface area contributed by atoms with Crippen molar-refractivity contribution in [1.29, 1.82) is 0 Å². The lowest BCUT2D eigenvalue weighted by molar-refractivity contribution is 0.479. The maximum Gasteiger partial charge on any atom is 0.247 e. The van der Waals surface area contributed by atoms with Crippen molar-refractivity contribution < 1.29 is 9.09 Å². The summed E-state index contributed by atoms with van der Waals surface area (Å²) in [7, 11) is -2.45. The van der Waals surface area contributed by atoms with E-state index in [4.69, 9.17) is 4.52 Å². The molecular weight excluding hydrogens is 207 g/mol. The van der Waals surface area contributed by atoms with E-state index in [1.54, 1.807) is 0 Å². The van der Waals surface area contributed by atoms with Crippen LogP contribution >= 0.6 is 7.37 Å². The van der Waals surface area contributed by atoms with Crippen LogP contribution in [-0.4, -0.2) is 12.3 Å². The van der Waals surface area contributed by atoms with Gasteiger partial charge in [0.25, 0.3) is 0 Å². The molecule has 0 saturated carbocycles. The van der Waals surface area contributed by atoms with Crippen molar-refractivity contribution in [2.75, 3.05) is 12.3 Å². The molecule has 3 heteroatoms. The molecule has 0 saturated heterocycles. The summed E-state index contributed by atoms with van der Waals surface area (Å²) in [6, 6.07) is 7.72. The lowest BCUT2D eigenvalue weighted by Gasteiger charge is -2.18. The summed E-state index contributed by atoms with van der Waals surface area (Å²) in [4.78, 5) is 0. The molecular formula is C12H19O2P. The number of aryl methyl sites for hydroxylation is 1. The third-order valence-electron chi connectivity index (χ3n) is 2.40. The van der Waals surface area contributed by atoms with Crippen LogP contribution < -0.4 is 4.52 Å². The van der Waals surface area contributed by atoms with Crippen molar-refractivity contribution in [2.24, 2.45) is 0 Å². The van der Waals surface area contributed by atoms with E-state index in [0.29, 0.717) is 12.3 Å². The van der Waals surface area contributed by atoms with E-state index in [0.717, 1.165) is 17.7 Å². The van der Waals surface area contributed by atoms with Gasteiger partial charge in [-0.25, -0.2) is 0 Å². The SMILES string of the molecule is CCCP(=O)(CC)Oc1ccccc1C. The lowest BCUT2D eigenvalue weighted by Crippen LogP contribution is -2.00. The zero-order chi connectivity index (χ0) is 11.3. The summed E-state index contributed by atoms with van der Waals surface area (Å²) in [6.45, 7) is 5.93. The van der Waals surface area contributed by atoms with Crippen LogP contribution in [0.5, 0.6) is 5.75 Å². The highest BCUT2D eigenvalue weighted by atomic mass is 31.2. The molecule has 1 atom stereocenters. The molecule has 84 valence electrons. The van der Waals surface area contributed by atoms with Gasteiger partial charge in [-0.1, -0.05) is 32.0 Å². The first-order valence-corrected chi connectivity index (χ1v) is 7.44. The van der Waals surface area contributed by atoms with E-state index in [2.05, 4.69) is 0 Å². The van der Waals surface area contributed by atoms with Crippen LogP contribution in [-0.2, 0) is 4.57 Å². The van der Waals surface area contributed by atoms with Gasteiger partial charge in [-0.2, -0.15) is 0 Å². The molecule has 1 rings (SSSR count). The summed E-state index contributed by atoms with van der Waals surface area (Å²) in [5.74, 6) is 0.760. The Morgan fingerprint density at radius 1 is 1.27 bits per heavy atom. The minimum absolute atomic E-state index is 0.606. The van der Waals surface area contributed by atoms with Gasteiger partial charge in [-0.3, -0.25) is 4.57 Å². The van der Waals surface area contributed by atoms with Crippen molar-refractivity contribution in [3.63, 3.8) is 0 Å². The number of hydrogen-bond acceptors (Lipinski definition) is 2. The van der Waals surface area contributed by atoms with Crippen LogP contribution in [0.15, 0.2) is 24.3 Å². The molecule has 0 aliphatic carbocycles. The average molecular weight is 226 g/mol. The zero-order valence-electron chi connectivity index (χ0n) is 9.69. The summed E-state index contributed by atoms with van der Waals surface area (Å²) in [5, 5.41) is 0. The molecule has 1 aromatic carbocycles. The first-order chi connectivity index (χ1) is 7.11. The molecule has 0 bridgehead atoms. The molecule has 0 fully saturated rings. The zero-order valence-corrected chi connectivity index (χ0v) is 10.6. The van der Waals surface area contributed by atoms with Gasteiger partial charge >= 0.3 is 0 Å². The van der Waals surface area contributed by atoms with E-state index < -0.39 is 7.37 Å². The molecule has 1 unspecified atom stereocenters. The Kier molecular flexibility index (Phi) is 4.41. The second kappa shape index (κ2) is 5.37. The van der Waals surface area contributed by atoms with Gasteiger partial charge in [0.05, 0.1) is 0 Å². The molecule has 0 N–H and O–H groups in total. The number of rotatable bonds is 5. The van der Waals surface area contributed by atoms with Gasteiger partial charge in [0.15, 0.2) is 0 Å².